The number of halogens is 1. The van der Waals surface area contributed by atoms with Gasteiger partial charge in [-0.3, -0.25) is 14.9 Å². The fourth-order valence-corrected chi connectivity index (χ4v) is 2.15. The number of carbonyl (C=O) groups is 2. The Balaban J connectivity index is 0.00000441. The van der Waals surface area contributed by atoms with Crippen molar-refractivity contribution in [2.75, 3.05) is 11.9 Å². The first-order valence-electron chi connectivity index (χ1n) is 6.78. The molecule has 1 heterocycles. The van der Waals surface area contributed by atoms with E-state index in [0.717, 1.165) is 5.01 Å². The molecule has 0 saturated carbocycles. The van der Waals surface area contributed by atoms with Crippen LogP contribution in [0.15, 0.2) is 0 Å². The van der Waals surface area contributed by atoms with Crippen LogP contribution in [0.4, 0.5) is 5.13 Å². The highest BCUT2D eigenvalue weighted by molar-refractivity contribution is 7.15. The summed E-state index contributed by atoms with van der Waals surface area (Å²) < 4.78 is 0. The van der Waals surface area contributed by atoms with Crippen molar-refractivity contribution in [1.29, 1.82) is 0 Å². The predicted octanol–water partition coefficient (Wildman–Crippen LogP) is 1.30. The van der Waals surface area contributed by atoms with Crippen LogP contribution in [0.5, 0.6) is 0 Å². The summed E-state index contributed by atoms with van der Waals surface area (Å²) in [4.78, 5) is 23.4. The second kappa shape index (κ2) is 8.40. The molecule has 0 fully saturated rings. The minimum absolute atomic E-state index is 0. The number of amides is 2. The third-order valence-corrected chi connectivity index (χ3v) is 4.02. The van der Waals surface area contributed by atoms with Crippen LogP contribution >= 0.6 is 23.7 Å². The maximum absolute atomic E-state index is 11.7. The van der Waals surface area contributed by atoms with Crippen molar-refractivity contribution >= 4 is 40.7 Å². The summed E-state index contributed by atoms with van der Waals surface area (Å²) in [5, 5.41) is 14.3. The Morgan fingerprint density at radius 2 is 1.86 bits per heavy atom. The lowest BCUT2D eigenvalue weighted by molar-refractivity contribution is -0.125. The first kappa shape index (κ1) is 20.8. The molecule has 0 aliphatic rings. The molecule has 1 atom stereocenters. The minimum atomic E-state index is -0.619. The molecule has 0 bridgehead atoms. The second-order valence-electron chi connectivity index (χ2n) is 6.20. The lowest BCUT2D eigenvalue weighted by atomic mass is 9.98. The molecule has 9 heteroatoms. The van der Waals surface area contributed by atoms with E-state index >= 15 is 0 Å². The highest BCUT2D eigenvalue weighted by Gasteiger charge is 2.21. The molecule has 0 saturated heterocycles. The molecular formula is C13H24ClN5O2S. The number of rotatable bonds is 5. The molecule has 7 nitrogen and oxygen atoms in total. The number of carbonyl (C=O) groups excluding carboxylic acids is 2. The van der Waals surface area contributed by atoms with Crippen LogP contribution in [0, 0.1) is 5.92 Å². The zero-order valence-corrected chi connectivity index (χ0v) is 15.1. The van der Waals surface area contributed by atoms with Crippen molar-refractivity contribution in [3.8, 4) is 0 Å². The lowest BCUT2D eigenvalue weighted by Crippen LogP contribution is -2.46. The lowest BCUT2D eigenvalue weighted by Gasteiger charge is -2.14. The Morgan fingerprint density at radius 1 is 1.27 bits per heavy atom. The molecule has 1 aromatic heterocycles. The van der Waals surface area contributed by atoms with Gasteiger partial charge in [0.05, 0.1) is 12.6 Å². The van der Waals surface area contributed by atoms with Gasteiger partial charge >= 0.3 is 0 Å². The van der Waals surface area contributed by atoms with E-state index in [1.165, 1.54) is 11.3 Å². The predicted molar refractivity (Wildman–Crippen MR) is 90.3 cm³/mol. The van der Waals surface area contributed by atoms with E-state index in [2.05, 4.69) is 20.8 Å². The SMILES string of the molecule is CC(C)[C@H](N)C(=O)NCC(=O)Nc1nnc(C(C)(C)C)s1.Cl. The summed E-state index contributed by atoms with van der Waals surface area (Å²) in [5.74, 6) is -0.672. The van der Waals surface area contributed by atoms with E-state index in [1.807, 2.05) is 34.6 Å². The monoisotopic (exact) mass is 349 g/mol. The fraction of sp³-hybridized carbons (Fsp3) is 0.692. The topological polar surface area (TPSA) is 110 Å². The molecule has 1 aromatic rings. The Bertz CT molecular complexity index is 513. The number of hydrogen-bond acceptors (Lipinski definition) is 6. The molecule has 4 N–H and O–H groups in total. The standard InChI is InChI=1S/C13H23N5O2S.ClH/c1-7(2)9(14)10(20)15-6-8(19)16-12-18-17-11(21-12)13(3,4)5;/h7,9H,6,14H2,1-5H3,(H,15,20)(H,16,18,19);1H/t9-;/m0./s1. The molecule has 0 unspecified atom stereocenters. The van der Waals surface area contributed by atoms with Crippen molar-refractivity contribution in [3.05, 3.63) is 5.01 Å². The Hall–Kier alpha value is -1.25. The smallest absolute Gasteiger partial charge is 0.245 e. The van der Waals surface area contributed by atoms with Crippen molar-refractivity contribution in [3.63, 3.8) is 0 Å². The van der Waals surface area contributed by atoms with Crippen LogP contribution in [-0.2, 0) is 15.0 Å². The van der Waals surface area contributed by atoms with Gasteiger partial charge in [0.25, 0.3) is 0 Å². The molecule has 0 aromatic carbocycles. The number of anilines is 1. The maximum atomic E-state index is 11.7. The van der Waals surface area contributed by atoms with Gasteiger partial charge in [-0.2, -0.15) is 0 Å². The van der Waals surface area contributed by atoms with Gasteiger partial charge in [-0.25, -0.2) is 0 Å². The highest BCUT2D eigenvalue weighted by atomic mass is 35.5. The summed E-state index contributed by atoms with van der Waals surface area (Å²) >= 11 is 1.32. The van der Waals surface area contributed by atoms with Crippen LogP contribution in [0.3, 0.4) is 0 Å². The molecule has 0 spiro atoms. The third kappa shape index (κ3) is 6.25. The summed E-state index contributed by atoms with van der Waals surface area (Å²) in [6, 6.07) is -0.619. The van der Waals surface area contributed by atoms with Gasteiger partial charge in [0.1, 0.15) is 5.01 Å². The number of nitrogens with one attached hydrogen (secondary N) is 2. The van der Waals surface area contributed by atoms with E-state index in [9.17, 15) is 9.59 Å². The van der Waals surface area contributed by atoms with Gasteiger partial charge in [-0.15, -0.1) is 22.6 Å². The van der Waals surface area contributed by atoms with Gasteiger partial charge in [0.2, 0.25) is 16.9 Å². The van der Waals surface area contributed by atoms with E-state index in [0.29, 0.717) is 5.13 Å². The number of hydrogen-bond donors (Lipinski definition) is 3. The van der Waals surface area contributed by atoms with E-state index < -0.39 is 6.04 Å². The number of nitrogens with two attached hydrogens (primary N) is 1. The van der Waals surface area contributed by atoms with Gasteiger partial charge in [-0.05, 0) is 5.92 Å². The van der Waals surface area contributed by atoms with E-state index in [4.69, 9.17) is 5.73 Å². The Labute approximate surface area is 140 Å². The highest BCUT2D eigenvalue weighted by Crippen LogP contribution is 2.27. The van der Waals surface area contributed by atoms with Crippen LogP contribution < -0.4 is 16.4 Å². The van der Waals surface area contributed by atoms with E-state index in [-0.39, 0.29) is 42.1 Å². The van der Waals surface area contributed by atoms with Gasteiger partial charge in [0, 0.05) is 5.41 Å². The molecule has 22 heavy (non-hydrogen) atoms. The molecule has 126 valence electrons. The van der Waals surface area contributed by atoms with E-state index in [1.54, 1.807) is 0 Å². The van der Waals surface area contributed by atoms with Gasteiger partial charge in [0.15, 0.2) is 0 Å². The Morgan fingerprint density at radius 3 is 2.32 bits per heavy atom. The number of nitrogens with zero attached hydrogens (tertiary/aromatic N) is 2. The van der Waals surface area contributed by atoms with Crippen molar-refractivity contribution in [2.45, 2.75) is 46.1 Å². The maximum Gasteiger partial charge on any atom is 0.245 e. The van der Waals surface area contributed by atoms with Crippen LogP contribution in [-0.4, -0.2) is 34.6 Å². The average molecular weight is 350 g/mol. The molecule has 1 rings (SSSR count). The molecular weight excluding hydrogens is 326 g/mol. The molecule has 0 aliphatic carbocycles. The molecule has 0 radical (unpaired) electrons. The van der Waals surface area contributed by atoms with Crippen molar-refractivity contribution < 1.29 is 9.59 Å². The van der Waals surface area contributed by atoms with Crippen LogP contribution in [0.1, 0.15) is 39.6 Å². The molecule has 0 aliphatic heterocycles. The fourth-order valence-electron chi connectivity index (χ4n) is 1.33. The zero-order valence-electron chi connectivity index (χ0n) is 13.5. The number of aromatic nitrogens is 2. The first-order chi connectivity index (χ1) is 9.61. The van der Waals surface area contributed by atoms with Crippen molar-refractivity contribution in [2.24, 2.45) is 11.7 Å². The minimum Gasteiger partial charge on any atom is -0.346 e. The molecule has 2 amide bonds. The average Bonchev–Trinajstić information content (AvgIpc) is 2.83. The third-order valence-electron chi connectivity index (χ3n) is 2.76. The van der Waals surface area contributed by atoms with Crippen LogP contribution in [0.2, 0.25) is 0 Å². The second-order valence-corrected chi connectivity index (χ2v) is 7.18. The summed E-state index contributed by atoms with van der Waals surface area (Å²) in [6.07, 6.45) is 0. The zero-order chi connectivity index (χ0) is 16.2. The summed E-state index contributed by atoms with van der Waals surface area (Å²) in [7, 11) is 0. The summed E-state index contributed by atoms with van der Waals surface area (Å²) in [5.41, 5.74) is 5.57. The van der Waals surface area contributed by atoms with Crippen LogP contribution in [0.25, 0.3) is 0 Å². The van der Waals surface area contributed by atoms with Gasteiger partial charge < -0.3 is 11.1 Å². The first-order valence-corrected chi connectivity index (χ1v) is 7.60. The summed E-state index contributed by atoms with van der Waals surface area (Å²) in [6.45, 7) is 9.62. The quantitative estimate of drug-likeness (QED) is 0.742. The largest absolute Gasteiger partial charge is 0.346 e. The normalized spacial score (nSPS) is 12.5. The Kier molecular flexibility index (Phi) is 7.92. The van der Waals surface area contributed by atoms with Crippen molar-refractivity contribution in [1.82, 2.24) is 15.5 Å². The van der Waals surface area contributed by atoms with Gasteiger partial charge in [-0.1, -0.05) is 46.0 Å².